The average Bonchev–Trinajstić information content (AvgIpc) is 2.69. The molecule has 7 nitrogen and oxygen atoms in total. The molecule has 0 aromatic heterocycles. The molecule has 2 aromatic carbocycles. The lowest BCUT2D eigenvalue weighted by Crippen LogP contribution is -2.19. The quantitative estimate of drug-likeness (QED) is 0.348. The summed E-state index contributed by atoms with van der Waals surface area (Å²) in [6.07, 6.45) is 1.52. The van der Waals surface area contributed by atoms with E-state index in [0.29, 0.717) is 33.7 Å². The third-order valence-electron chi connectivity index (χ3n) is 3.57. The number of hydrogen-bond donors (Lipinski definition) is 1. The summed E-state index contributed by atoms with van der Waals surface area (Å²) in [6.45, 7) is 1.94. The van der Waals surface area contributed by atoms with E-state index in [9.17, 15) is 14.0 Å². The average molecular weight is 467 g/mol. The number of hydrogen-bond acceptors (Lipinski definition) is 6. The molecule has 0 aliphatic heterocycles. The zero-order valence-electron chi connectivity index (χ0n) is 15.9. The van der Waals surface area contributed by atoms with Gasteiger partial charge in [0.1, 0.15) is 5.82 Å². The maximum Gasteiger partial charge on any atom is 0.343 e. The summed E-state index contributed by atoms with van der Waals surface area (Å²) >= 11 is 3.37. The van der Waals surface area contributed by atoms with Gasteiger partial charge in [-0.25, -0.2) is 14.6 Å². The molecule has 2 rings (SSSR count). The Labute approximate surface area is 176 Å². The van der Waals surface area contributed by atoms with Crippen molar-refractivity contribution >= 4 is 34.0 Å². The van der Waals surface area contributed by atoms with Gasteiger partial charge in [0.05, 0.1) is 30.8 Å². The molecule has 0 radical (unpaired) electrons. The van der Waals surface area contributed by atoms with E-state index < -0.39 is 5.97 Å². The van der Waals surface area contributed by atoms with Gasteiger partial charge in [0.25, 0.3) is 0 Å². The first-order valence-electron chi connectivity index (χ1n) is 8.65. The van der Waals surface area contributed by atoms with Crippen LogP contribution in [-0.4, -0.2) is 38.4 Å². The second-order valence-electron chi connectivity index (χ2n) is 5.72. The Kier molecular flexibility index (Phi) is 8.60. The van der Waals surface area contributed by atoms with Crippen molar-refractivity contribution < 1.29 is 28.2 Å². The Morgan fingerprint density at radius 3 is 2.59 bits per heavy atom. The lowest BCUT2D eigenvalue weighted by molar-refractivity contribution is -0.143. The van der Waals surface area contributed by atoms with Crippen molar-refractivity contribution in [3.05, 3.63) is 57.8 Å². The van der Waals surface area contributed by atoms with Crippen molar-refractivity contribution in [3.8, 4) is 11.5 Å². The smallest absolute Gasteiger partial charge is 0.343 e. The molecule has 0 fully saturated rings. The van der Waals surface area contributed by atoms with Gasteiger partial charge in [0, 0.05) is 0 Å². The number of benzene rings is 2. The van der Waals surface area contributed by atoms with Crippen LogP contribution in [0.15, 0.2) is 46.0 Å². The molecule has 0 aliphatic rings. The number of methoxy groups -OCH3 is 1. The first-order valence-corrected chi connectivity index (χ1v) is 9.44. The van der Waals surface area contributed by atoms with Crippen LogP contribution >= 0.6 is 15.9 Å². The second kappa shape index (κ2) is 11.2. The third-order valence-corrected chi connectivity index (χ3v) is 4.16. The number of halogens is 2. The fourth-order valence-electron chi connectivity index (χ4n) is 2.26. The molecule has 29 heavy (non-hydrogen) atoms. The maximum atomic E-state index is 12.9. The van der Waals surface area contributed by atoms with Crippen LogP contribution in [0.1, 0.15) is 18.1 Å². The number of nitrogens with one attached hydrogen (secondary N) is 1. The predicted molar refractivity (Wildman–Crippen MR) is 109 cm³/mol. The monoisotopic (exact) mass is 466 g/mol. The number of carbonyl (C=O) groups is 2. The molecule has 0 atom stereocenters. The third kappa shape index (κ3) is 7.19. The Bertz CT molecular complexity index is 887. The number of hydrazone groups is 1. The second-order valence-corrected chi connectivity index (χ2v) is 6.58. The van der Waals surface area contributed by atoms with E-state index >= 15 is 0 Å². The van der Waals surface area contributed by atoms with E-state index in [1.165, 1.54) is 37.6 Å². The molecule has 0 aliphatic carbocycles. The van der Waals surface area contributed by atoms with Gasteiger partial charge in [-0.2, -0.15) is 5.10 Å². The molecule has 154 valence electrons. The van der Waals surface area contributed by atoms with Gasteiger partial charge in [-0.1, -0.05) is 12.1 Å². The van der Waals surface area contributed by atoms with Crippen LogP contribution in [0.2, 0.25) is 0 Å². The molecular formula is C20H20BrFN2O5. The first-order chi connectivity index (χ1) is 13.9. The van der Waals surface area contributed by atoms with Crippen LogP contribution in [0, 0.1) is 5.82 Å². The van der Waals surface area contributed by atoms with E-state index in [0.717, 1.165) is 0 Å². The van der Waals surface area contributed by atoms with Crippen molar-refractivity contribution in [1.29, 1.82) is 0 Å². The fraction of sp³-hybridized carbons (Fsp3) is 0.250. The molecule has 9 heteroatoms. The molecular weight excluding hydrogens is 447 g/mol. The minimum Gasteiger partial charge on any atom is -0.490 e. The Morgan fingerprint density at radius 2 is 1.93 bits per heavy atom. The molecule has 0 spiro atoms. The van der Waals surface area contributed by atoms with Crippen LogP contribution < -0.4 is 14.9 Å². The number of nitrogens with zero attached hydrogens (tertiary/aromatic N) is 1. The molecule has 0 saturated carbocycles. The summed E-state index contributed by atoms with van der Waals surface area (Å²) in [5.41, 5.74) is 3.72. The Hall–Kier alpha value is -2.94. The van der Waals surface area contributed by atoms with E-state index in [1.807, 2.05) is 6.92 Å². The lowest BCUT2D eigenvalue weighted by atomic mass is 10.1. The summed E-state index contributed by atoms with van der Waals surface area (Å²) in [4.78, 5) is 23.2. The number of esters is 1. The van der Waals surface area contributed by atoms with Crippen LogP contribution in [0.5, 0.6) is 11.5 Å². The molecule has 1 amide bonds. The van der Waals surface area contributed by atoms with Crippen LogP contribution in [-0.2, 0) is 20.7 Å². The first kappa shape index (κ1) is 22.4. The number of carbonyl (C=O) groups excluding carboxylic acids is 2. The molecule has 0 bridgehead atoms. The summed E-state index contributed by atoms with van der Waals surface area (Å²) < 4.78 is 29.0. The lowest BCUT2D eigenvalue weighted by Gasteiger charge is -2.13. The van der Waals surface area contributed by atoms with E-state index in [2.05, 4.69) is 31.2 Å². The van der Waals surface area contributed by atoms with Crippen molar-refractivity contribution in [2.75, 3.05) is 20.3 Å². The largest absolute Gasteiger partial charge is 0.490 e. The minimum absolute atomic E-state index is 0.0752. The Balaban J connectivity index is 2.04. The van der Waals surface area contributed by atoms with Crippen LogP contribution in [0.25, 0.3) is 0 Å². The van der Waals surface area contributed by atoms with E-state index in [4.69, 9.17) is 9.47 Å². The highest BCUT2D eigenvalue weighted by Gasteiger charge is 2.14. The Morgan fingerprint density at radius 1 is 1.21 bits per heavy atom. The van der Waals surface area contributed by atoms with Gasteiger partial charge in [-0.15, -0.1) is 0 Å². The van der Waals surface area contributed by atoms with Crippen molar-refractivity contribution in [3.63, 3.8) is 0 Å². The fourth-order valence-corrected chi connectivity index (χ4v) is 2.84. The zero-order chi connectivity index (χ0) is 21.2. The van der Waals surface area contributed by atoms with Gasteiger partial charge in [-0.3, -0.25) is 4.79 Å². The minimum atomic E-state index is -0.520. The molecule has 2 aromatic rings. The zero-order valence-corrected chi connectivity index (χ0v) is 17.5. The molecule has 0 saturated heterocycles. The predicted octanol–water partition coefficient (Wildman–Crippen LogP) is 3.23. The summed E-state index contributed by atoms with van der Waals surface area (Å²) in [6, 6.07) is 9.03. The topological polar surface area (TPSA) is 86.2 Å². The molecule has 0 unspecified atom stereocenters. The van der Waals surface area contributed by atoms with Crippen molar-refractivity contribution in [2.45, 2.75) is 13.3 Å². The van der Waals surface area contributed by atoms with E-state index in [1.54, 1.807) is 12.1 Å². The van der Waals surface area contributed by atoms with Gasteiger partial charge in [-0.05, 0) is 58.2 Å². The highest BCUT2D eigenvalue weighted by molar-refractivity contribution is 9.10. The van der Waals surface area contributed by atoms with E-state index in [-0.39, 0.29) is 24.8 Å². The van der Waals surface area contributed by atoms with Gasteiger partial charge in [0.2, 0.25) is 5.91 Å². The molecule has 1 N–H and O–H groups in total. The normalized spacial score (nSPS) is 10.6. The van der Waals surface area contributed by atoms with Crippen molar-refractivity contribution in [1.82, 2.24) is 5.43 Å². The summed E-state index contributed by atoms with van der Waals surface area (Å²) in [7, 11) is 1.27. The standard InChI is InChI=1S/C20H20BrFN2O5/c1-3-28-17-9-14(8-16(21)20(17)29-12-19(26)27-2)11-23-24-18(25)10-13-4-6-15(22)7-5-13/h4-9,11H,3,10,12H2,1-2H3,(H,24,25)/b23-11+. The maximum absolute atomic E-state index is 12.9. The van der Waals surface area contributed by atoms with Gasteiger partial charge < -0.3 is 14.2 Å². The van der Waals surface area contributed by atoms with Crippen molar-refractivity contribution in [2.24, 2.45) is 5.10 Å². The SMILES string of the molecule is CCOc1cc(/C=N/NC(=O)Cc2ccc(F)cc2)cc(Br)c1OCC(=O)OC. The summed E-state index contributed by atoms with van der Waals surface area (Å²) in [5, 5.41) is 3.92. The highest BCUT2D eigenvalue weighted by Crippen LogP contribution is 2.36. The number of rotatable bonds is 9. The van der Waals surface area contributed by atoms with Crippen LogP contribution in [0.4, 0.5) is 4.39 Å². The molecule has 0 heterocycles. The van der Waals surface area contributed by atoms with Gasteiger partial charge in [0.15, 0.2) is 18.1 Å². The number of ether oxygens (including phenoxy) is 3. The highest BCUT2D eigenvalue weighted by atomic mass is 79.9. The summed E-state index contributed by atoms with van der Waals surface area (Å²) in [5.74, 6) is -0.453. The number of amides is 1. The van der Waals surface area contributed by atoms with Crippen LogP contribution in [0.3, 0.4) is 0 Å². The van der Waals surface area contributed by atoms with Gasteiger partial charge >= 0.3 is 5.97 Å².